The number of benzene rings is 1. The normalized spacial score (nSPS) is 9.41. The van der Waals surface area contributed by atoms with Crippen LogP contribution in [0, 0.1) is 11.3 Å². The zero-order valence-electron chi connectivity index (χ0n) is 9.10. The van der Waals surface area contributed by atoms with Crippen LogP contribution in [0.25, 0.3) is 0 Å². The van der Waals surface area contributed by atoms with E-state index in [0.717, 1.165) is 5.06 Å². The van der Waals surface area contributed by atoms with E-state index in [2.05, 4.69) is 6.58 Å². The molecule has 0 bridgehead atoms. The van der Waals surface area contributed by atoms with E-state index in [4.69, 9.17) is 21.7 Å². The lowest BCUT2D eigenvalue weighted by molar-refractivity contribution is -0.103. The Morgan fingerprint density at radius 1 is 1.65 bits per heavy atom. The molecule has 17 heavy (non-hydrogen) atoms. The molecule has 0 saturated heterocycles. The van der Waals surface area contributed by atoms with Crippen molar-refractivity contribution in [3.05, 3.63) is 47.5 Å². The number of carbonyl (C=O) groups is 1. The highest BCUT2D eigenvalue weighted by Gasteiger charge is 2.16. The summed E-state index contributed by atoms with van der Waals surface area (Å²) >= 11 is 5.78. The van der Waals surface area contributed by atoms with Gasteiger partial charge in [-0.1, -0.05) is 23.7 Å². The topological polar surface area (TPSA) is 53.3 Å². The van der Waals surface area contributed by atoms with E-state index in [1.54, 1.807) is 18.2 Å². The first-order valence-electron chi connectivity index (χ1n) is 4.87. The molecule has 1 rings (SSSR count). The Hall–Kier alpha value is -1.83. The van der Waals surface area contributed by atoms with E-state index >= 15 is 0 Å². The first-order valence-corrected chi connectivity index (χ1v) is 5.25. The Balaban J connectivity index is 2.84. The Labute approximate surface area is 105 Å². The molecule has 0 aliphatic carbocycles. The first kappa shape index (κ1) is 13.2. The second-order valence-corrected chi connectivity index (χ2v) is 3.53. The van der Waals surface area contributed by atoms with Crippen molar-refractivity contribution in [2.75, 3.05) is 13.2 Å². The van der Waals surface area contributed by atoms with Gasteiger partial charge < -0.3 is 0 Å². The van der Waals surface area contributed by atoms with Gasteiger partial charge in [-0.2, -0.15) is 5.26 Å². The van der Waals surface area contributed by atoms with Crippen molar-refractivity contribution in [1.29, 1.82) is 5.26 Å². The summed E-state index contributed by atoms with van der Waals surface area (Å²) in [5, 5.41) is 10.0. The molecule has 0 spiro atoms. The smallest absolute Gasteiger partial charge is 0.267 e. The predicted octanol–water partition coefficient (Wildman–Crippen LogP) is 2.42. The minimum Gasteiger partial charge on any atom is -0.267 e. The maximum absolute atomic E-state index is 11.9. The fourth-order valence-electron chi connectivity index (χ4n) is 1.15. The summed E-state index contributed by atoms with van der Waals surface area (Å²) in [5.74, 6) is -0.407. The third-order valence-corrected chi connectivity index (χ3v) is 2.10. The molecule has 0 unspecified atom stereocenters. The molecule has 0 saturated carbocycles. The Morgan fingerprint density at radius 3 is 3.00 bits per heavy atom. The zero-order chi connectivity index (χ0) is 12.7. The molecule has 1 amide bonds. The molecular weight excluding hydrogens is 240 g/mol. The summed E-state index contributed by atoms with van der Waals surface area (Å²) in [6, 6.07) is 8.31. The second-order valence-electron chi connectivity index (χ2n) is 3.09. The number of carbonyl (C=O) groups excluding carboxylic acids is 1. The van der Waals surface area contributed by atoms with Gasteiger partial charge in [-0.05, 0) is 18.2 Å². The number of halogens is 1. The molecule has 0 heterocycles. The highest BCUT2D eigenvalue weighted by molar-refractivity contribution is 6.30. The van der Waals surface area contributed by atoms with Crippen LogP contribution in [0.4, 0.5) is 0 Å². The molecule has 4 nitrogen and oxygen atoms in total. The largest absolute Gasteiger partial charge is 0.278 e. The minimum absolute atomic E-state index is 0.154. The summed E-state index contributed by atoms with van der Waals surface area (Å²) in [7, 11) is 0. The van der Waals surface area contributed by atoms with Gasteiger partial charge >= 0.3 is 0 Å². The van der Waals surface area contributed by atoms with Gasteiger partial charge in [0.05, 0.1) is 12.7 Å². The number of nitrogens with zero attached hydrogens (tertiary/aromatic N) is 2. The van der Waals surface area contributed by atoms with Gasteiger partial charge in [0.25, 0.3) is 5.91 Å². The van der Waals surface area contributed by atoms with Crippen LogP contribution in [0.3, 0.4) is 0 Å². The van der Waals surface area contributed by atoms with Gasteiger partial charge in [0.2, 0.25) is 0 Å². The molecule has 1 aromatic rings. The molecule has 0 N–H and O–H groups in total. The van der Waals surface area contributed by atoms with Crippen molar-refractivity contribution in [3.8, 4) is 6.07 Å². The number of hydrogen-bond donors (Lipinski definition) is 0. The van der Waals surface area contributed by atoms with Crippen molar-refractivity contribution in [2.24, 2.45) is 0 Å². The average molecular weight is 251 g/mol. The van der Waals surface area contributed by atoms with Crippen LogP contribution in [-0.2, 0) is 4.84 Å². The van der Waals surface area contributed by atoms with Gasteiger partial charge in [-0.3, -0.25) is 9.63 Å². The molecule has 0 radical (unpaired) electrons. The van der Waals surface area contributed by atoms with Gasteiger partial charge in [0, 0.05) is 10.6 Å². The molecule has 0 fully saturated rings. The number of hydroxylamine groups is 2. The third kappa shape index (κ3) is 3.91. The van der Waals surface area contributed by atoms with Crippen molar-refractivity contribution in [3.63, 3.8) is 0 Å². The van der Waals surface area contributed by atoms with Gasteiger partial charge in [0.15, 0.2) is 0 Å². The van der Waals surface area contributed by atoms with E-state index in [-0.39, 0.29) is 13.2 Å². The van der Waals surface area contributed by atoms with E-state index in [0.29, 0.717) is 10.6 Å². The SMILES string of the molecule is C=CCON(CC#N)C(=O)c1cccc(Cl)c1. The lowest BCUT2D eigenvalue weighted by Crippen LogP contribution is -2.31. The quantitative estimate of drug-likeness (QED) is 0.458. The molecule has 0 aliphatic rings. The van der Waals surface area contributed by atoms with Crippen molar-refractivity contribution < 1.29 is 9.63 Å². The van der Waals surface area contributed by atoms with Crippen LogP contribution in [0.2, 0.25) is 5.02 Å². The monoisotopic (exact) mass is 250 g/mol. The Bertz CT molecular complexity index is 454. The summed E-state index contributed by atoms with van der Waals surface area (Å²) < 4.78 is 0. The zero-order valence-corrected chi connectivity index (χ0v) is 9.85. The van der Waals surface area contributed by atoms with E-state index < -0.39 is 5.91 Å². The van der Waals surface area contributed by atoms with Crippen LogP contribution in [0.15, 0.2) is 36.9 Å². The average Bonchev–Trinajstić information content (AvgIpc) is 2.33. The Morgan fingerprint density at radius 2 is 2.41 bits per heavy atom. The van der Waals surface area contributed by atoms with Gasteiger partial charge in [0.1, 0.15) is 6.54 Å². The number of amides is 1. The summed E-state index contributed by atoms with van der Waals surface area (Å²) in [5.41, 5.74) is 0.372. The molecule has 0 aliphatic heterocycles. The number of rotatable bonds is 5. The lowest BCUT2D eigenvalue weighted by Gasteiger charge is -2.17. The predicted molar refractivity (Wildman–Crippen MR) is 64.3 cm³/mol. The van der Waals surface area contributed by atoms with Crippen molar-refractivity contribution in [1.82, 2.24) is 5.06 Å². The molecule has 88 valence electrons. The third-order valence-electron chi connectivity index (χ3n) is 1.86. The van der Waals surface area contributed by atoms with Gasteiger partial charge in [-0.15, -0.1) is 6.58 Å². The molecule has 0 atom stereocenters. The van der Waals surface area contributed by atoms with Crippen LogP contribution >= 0.6 is 11.6 Å². The minimum atomic E-state index is -0.407. The maximum Gasteiger partial charge on any atom is 0.278 e. The fraction of sp³-hybridized carbons (Fsp3) is 0.167. The second kappa shape index (κ2) is 6.69. The van der Waals surface area contributed by atoms with Crippen LogP contribution < -0.4 is 0 Å². The fourth-order valence-corrected chi connectivity index (χ4v) is 1.34. The Kier molecular flexibility index (Phi) is 5.21. The van der Waals surface area contributed by atoms with Crippen molar-refractivity contribution >= 4 is 17.5 Å². The van der Waals surface area contributed by atoms with Crippen molar-refractivity contribution in [2.45, 2.75) is 0 Å². The van der Waals surface area contributed by atoms with Gasteiger partial charge in [-0.25, -0.2) is 5.06 Å². The lowest BCUT2D eigenvalue weighted by atomic mass is 10.2. The molecular formula is C12H11ClN2O2. The van der Waals surface area contributed by atoms with E-state index in [1.165, 1.54) is 12.1 Å². The molecule has 5 heteroatoms. The summed E-state index contributed by atoms with van der Waals surface area (Å²) in [4.78, 5) is 17.0. The summed E-state index contributed by atoms with van der Waals surface area (Å²) in [6.45, 7) is 3.48. The molecule has 1 aromatic carbocycles. The van der Waals surface area contributed by atoms with Crippen LogP contribution in [-0.4, -0.2) is 24.1 Å². The standard InChI is InChI=1S/C12H11ClN2O2/c1-2-8-17-15(7-6-14)12(16)10-4-3-5-11(13)9-10/h2-5,9H,1,7-8H2. The first-order chi connectivity index (χ1) is 8.19. The van der Waals surface area contributed by atoms with E-state index in [9.17, 15) is 4.79 Å². The summed E-state index contributed by atoms with van der Waals surface area (Å²) in [6.07, 6.45) is 1.50. The highest BCUT2D eigenvalue weighted by atomic mass is 35.5. The number of nitriles is 1. The maximum atomic E-state index is 11.9. The highest BCUT2D eigenvalue weighted by Crippen LogP contribution is 2.12. The van der Waals surface area contributed by atoms with E-state index in [1.807, 2.05) is 6.07 Å². The number of hydrogen-bond acceptors (Lipinski definition) is 3. The molecule has 0 aromatic heterocycles. The van der Waals surface area contributed by atoms with Crippen LogP contribution in [0.1, 0.15) is 10.4 Å². The van der Waals surface area contributed by atoms with Crippen LogP contribution in [0.5, 0.6) is 0 Å².